The van der Waals surface area contributed by atoms with E-state index in [1.165, 1.54) is 11.1 Å². The number of thioether (sulfide) groups is 1. The fourth-order valence-corrected chi connectivity index (χ4v) is 4.57. The van der Waals surface area contributed by atoms with Crippen molar-refractivity contribution in [3.05, 3.63) is 35.4 Å². The minimum absolute atomic E-state index is 0.0156. The van der Waals surface area contributed by atoms with Crippen LogP contribution in [-0.2, 0) is 6.42 Å². The van der Waals surface area contributed by atoms with E-state index in [2.05, 4.69) is 29.6 Å². The summed E-state index contributed by atoms with van der Waals surface area (Å²) in [6, 6.07) is 8.56. The number of piperidine rings is 1. The Balaban J connectivity index is 1.55. The third-order valence-corrected chi connectivity index (χ3v) is 5.86. The lowest BCUT2D eigenvalue weighted by molar-refractivity contribution is 0.129. The van der Waals surface area contributed by atoms with Gasteiger partial charge in [-0.25, -0.2) is 4.79 Å². The minimum Gasteiger partial charge on any atom is -0.396 e. The Morgan fingerprint density at radius 2 is 2.27 bits per heavy atom. The number of fused-ring (bicyclic) bond motifs is 1. The first-order chi connectivity index (χ1) is 10.8. The summed E-state index contributed by atoms with van der Waals surface area (Å²) in [7, 11) is 0. The SMILES string of the molecule is O=C(NC[C@H]1SCCc2ccccc21)N1CCC[C@H](CO)C1. The predicted molar refractivity (Wildman–Crippen MR) is 90.1 cm³/mol. The van der Waals surface area contributed by atoms with Crippen molar-refractivity contribution in [3.63, 3.8) is 0 Å². The van der Waals surface area contributed by atoms with Gasteiger partial charge in [-0.3, -0.25) is 0 Å². The lowest BCUT2D eigenvalue weighted by Crippen LogP contribution is -2.47. The number of rotatable bonds is 3. The summed E-state index contributed by atoms with van der Waals surface area (Å²) in [5.41, 5.74) is 2.78. The smallest absolute Gasteiger partial charge is 0.317 e. The van der Waals surface area contributed by atoms with Gasteiger partial charge in [0.25, 0.3) is 0 Å². The summed E-state index contributed by atoms with van der Waals surface area (Å²) in [4.78, 5) is 14.2. The highest BCUT2D eigenvalue weighted by Gasteiger charge is 2.25. The number of benzene rings is 1. The maximum atomic E-state index is 12.3. The fraction of sp³-hybridized carbons (Fsp3) is 0.588. The molecule has 0 radical (unpaired) electrons. The number of aliphatic hydroxyl groups excluding tert-OH is 1. The van der Waals surface area contributed by atoms with E-state index in [0.29, 0.717) is 18.3 Å². The van der Waals surface area contributed by atoms with E-state index in [1.807, 2.05) is 16.7 Å². The second kappa shape index (κ2) is 7.38. The Morgan fingerprint density at radius 3 is 3.14 bits per heavy atom. The second-order valence-electron chi connectivity index (χ2n) is 6.13. The first kappa shape index (κ1) is 15.7. The van der Waals surface area contributed by atoms with Gasteiger partial charge in [0.2, 0.25) is 0 Å². The zero-order valence-electron chi connectivity index (χ0n) is 12.8. The molecule has 2 aliphatic heterocycles. The van der Waals surface area contributed by atoms with Crippen molar-refractivity contribution in [3.8, 4) is 0 Å². The van der Waals surface area contributed by atoms with Crippen molar-refractivity contribution in [1.29, 1.82) is 0 Å². The molecule has 0 bridgehead atoms. The van der Waals surface area contributed by atoms with Crippen LogP contribution in [-0.4, -0.2) is 48.0 Å². The summed E-state index contributed by atoms with van der Waals surface area (Å²) in [5, 5.41) is 12.7. The highest BCUT2D eigenvalue weighted by atomic mass is 32.2. The molecule has 0 spiro atoms. The third-order valence-electron chi connectivity index (χ3n) is 4.60. The Kier molecular flexibility index (Phi) is 5.26. The van der Waals surface area contributed by atoms with Gasteiger partial charge in [-0.05, 0) is 42.1 Å². The maximum Gasteiger partial charge on any atom is 0.317 e. The van der Waals surface area contributed by atoms with Crippen LogP contribution in [0.25, 0.3) is 0 Å². The van der Waals surface area contributed by atoms with Crippen LogP contribution in [0.1, 0.15) is 29.2 Å². The Hall–Kier alpha value is -1.20. The van der Waals surface area contributed by atoms with Gasteiger partial charge in [-0.2, -0.15) is 11.8 Å². The first-order valence-electron chi connectivity index (χ1n) is 8.11. The Bertz CT molecular complexity index is 523. The monoisotopic (exact) mass is 320 g/mol. The van der Waals surface area contributed by atoms with E-state index in [-0.39, 0.29) is 18.6 Å². The number of aliphatic hydroxyl groups is 1. The van der Waals surface area contributed by atoms with Crippen LogP contribution in [0.2, 0.25) is 0 Å². The number of nitrogens with zero attached hydrogens (tertiary/aromatic N) is 1. The lowest BCUT2D eigenvalue weighted by Gasteiger charge is -2.33. The molecule has 0 aliphatic carbocycles. The zero-order valence-corrected chi connectivity index (χ0v) is 13.6. The molecule has 5 heteroatoms. The van der Waals surface area contributed by atoms with E-state index < -0.39 is 0 Å². The summed E-state index contributed by atoms with van der Waals surface area (Å²) < 4.78 is 0. The topological polar surface area (TPSA) is 52.6 Å². The van der Waals surface area contributed by atoms with Crippen LogP contribution in [0.15, 0.2) is 24.3 Å². The van der Waals surface area contributed by atoms with Gasteiger partial charge >= 0.3 is 6.03 Å². The molecule has 0 unspecified atom stereocenters. The Morgan fingerprint density at radius 1 is 1.41 bits per heavy atom. The summed E-state index contributed by atoms with van der Waals surface area (Å²) >= 11 is 1.93. The molecule has 4 nitrogen and oxygen atoms in total. The molecule has 1 saturated heterocycles. The van der Waals surface area contributed by atoms with Crippen LogP contribution >= 0.6 is 11.8 Å². The molecular formula is C17H24N2O2S. The van der Waals surface area contributed by atoms with E-state index in [1.54, 1.807) is 0 Å². The van der Waals surface area contributed by atoms with Gasteiger partial charge in [0.05, 0.1) is 0 Å². The average molecular weight is 320 g/mol. The molecule has 2 atom stereocenters. The lowest BCUT2D eigenvalue weighted by atomic mass is 9.99. The molecule has 1 aromatic carbocycles. The summed E-state index contributed by atoms with van der Waals surface area (Å²) in [6.07, 6.45) is 3.13. The quantitative estimate of drug-likeness (QED) is 0.899. The van der Waals surface area contributed by atoms with Crippen LogP contribution in [0.3, 0.4) is 0 Å². The molecule has 2 aliphatic rings. The number of aryl methyl sites for hydroxylation is 1. The van der Waals surface area contributed by atoms with Crippen molar-refractivity contribution in [2.45, 2.75) is 24.5 Å². The molecule has 2 heterocycles. The summed E-state index contributed by atoms with van der Waals surface area (Å²) in [6.45, 7) is 2.34. The van der Waals surface area contributed by atoms with Crippen molar-refractivity contribution < 1.29 is 9.90 Å². The number of urea groups is 1. The van der Waals surface area contributed by atoms with E-state index in [9.17, 15) is 9.90 Å². The number of carbonyl (C=O) groups is 1. The number of likely N-dealkylation sites (tertiary alicyclic amines) is 1. The van der Waals surface area contributed by atoms with Crippen molar-refractivity contribution in [2.75, 3.05) is 32.0 Å². The van der Waals surface area contributed by atoms with Crippen molar-refractivity contribution >= 4 is 17.8 Å². The van der Waals surface area contributed by atoms with Crippen LogP contribution < -0.4 is 5.32 Å². The van der Waals surface area contributed by atoms with Gasteiger partial charge in [-0.15, -0.1) is 0 Å². The fourth-order valence-electron chi connectivity index (χ4n) is 3.34. The number of nitrogens with one attached hydrogen (secondary N) is 1. The average Bonchev–Trinajstić information content (AvgIpc) is 2.59. The Labute approximate surface area is 136 Å². The molecule has 1 fully saturated rings. The van der Waals surface area contributed by atoms with Gasteiger partial charge in [0.15, 0.2) is 0 Å². The standard InChI is InChI=1S/C17H24N2O2S/c20-12-13-4-3-8-19(11-13)17(21)18-10-16-15-6-2-1-5-14(15)7-9-22-16/h1-2,5-6,13,16,20H,3-4,7-12H2,(H,18,21)/t13-,16+/m0/s1. The molecule has 2 amide bonds. The number of hydrogen-bond donors (Lipinski definition) is 2. The molecule has 0 aromatic heterocycles. The molecule has 22 heavy (non-hydrogen) atoms. The van der Waals surface area contributed by atoms with Crippen molar-refractivity contribution in [2.24, 2.45) is 5.92 Å². The second-order valence-corrected chi connectivity index (χ2v) is 7.44. The normalized spacial score (nSPS) is 24.7. The molecule has 2 N–H and O–H groups in total. The van der Waals surface area contributed by atoms with Gasteiger partial charge in [0, 0.05) is 31.5 Å². The number of hydrogen-bond acceptors (Lipinski definition) is 3. The number of amides is 2. The van der Waals surface area contributed by atoms with Crippen LogP contribution in [0, 0.1) is 5.92 Å². The molecule has 3 rings (SSSR count). The van der Waals surface area contributed by atoms with Gasteiger partial charge in [-0.1, -0.05) is 24.3 Å². The molecule has 120 valence electrons. The van der Waals surface area contributed by atoms with Crippen LogP contribution in [0.5, 0.6) is 0 Å². The highest BCUT2D eigenvalue weighted by Crippen LogP contribution is 2.36. The predicted octanol–water partition coefficient (Wildman–Crippen LogP) is 2.43. The summed E-state index contributed by atoms with van der Waals surface area (Å²) in [5.74, 6) is 1.36. The van der Waals surface area contributed by atoms with Gasteiger partial charge in [0.1, 0.15) is 0 Å². The highest BCUT2D eigenvalue weighted by molar-refractivity contribution is 7.99. The number of carbonyl (C=O) groups excluding carboxylic acids is 1. The van der Waals surface area contributed by atoms with E-state index >= 15 is 0 Å². The minimum atomic E-state index is 0.0156. The zero-order chi connectivity index (χ0) is 15.4. The van der Waals surface area contributed by atoms with E-state index in [4.69, 9.17) is 0 Å². The molecule has 1 aromatic rings. The van der Waals surface area contributed by atoms with Crippen molar-refractivity contribution in [1.82, 2.24) is 10.2 Å². The van der Waals surface area contributed by atoms with Gasteiger partial charge < -0.3 is 15.3 Å². The largest absolute Gasteiger partial charge is 0.396 e. The molecule has 0 saturated carbocycles. The van der Waals surface area contributed by atoms with Crippen LogP contribution in [0.4, 0.5) is 4.79 Å². The third kappa shape index (κ3) is 3.58. The van der Waals surface area contributed by atoms with E-state index in [0.717, 1.165) is 31.6 Å². The first-order valence-corrected chi connectivity index (χ1v) is 9.16. The molecular weight excluding hydrogens is 296 g/mol. The maximum absolute atomic E-state index is 12.3.